The topological polar surface area (TPSA) is 85.2 Å². The highest BCUT2D eigenvalue weighted by atomic mass is 32.3. The molecule has 12 heteroatoms. The largest absolute Gasteiger partial charge is 0.419 e. The zero-order valence-corrected chi connectivity index (χ0v) is 14.9. The van der Waals surface area contributed by atoms with Gasteiger partial charge in [-0.1, -0.05) is 6.07 Å². The molecule has 0 radical (unpaired) electrons. The number of rotatable bonds is 3. The SMILES string of the molecule is C[S@](=NS(=O)(=O)c1cccc2nsnc12)c1ncccc1C(F)(F)F. The Labute approximate surface area is 147 Å². The number of pyridine rings is 1. The molecule has 0 bridgehead atoms. The first-order valence-corrected chi connectivity index (χ1v) is 10.3. The summed E-state index contributed by atoms with van der Waals surface area (Å²) in [6, 6.07) is 6.34. The second kappa shape index (κ2) is 6.42. The van der Waals surface area contributed by atoms with Crippen molar-refractivity contribution in [3.63, 3.8) is 0 Å². The molecular weight excluding hydrogens is 397 g/mol. The lowest BCUT2D eigenvalue weighted by molar-refractivity contribution is -0.140. The second-order valence-electron chi connectivity index (χ2n) is 4.77. The average Bonchev–Trinajstić information content (AvgIpc) is 3.02. The van der Waals surface area contributed by atoms with Gasteiger partial charge in [0, 0.05) is 6.20 Å². The van der Waals surface area contributed by atoms with Gasteiger partial charge in [0.25, 0.3) is 10.0 Å². The first-order valence-electron chi connectivity index (χ1n) is 6.58. The van der Waals surface area contributed by atoms with Crippen molar-refractivity contribution in [1.82, 2.24) is 13.7 Å². The molecule has 0 N–H and O–H groups in total. The van der Waals surface area contributed by atoms with Crippen LogP contribution in [0.25, 0.3) is 11.0 Å². The first-order chi connectivity index (χ1) is 11.7. The van der Waals surface area contributed by atoms with Crippen molar-refractivity contribution < 1.29 is 21.6 Å². The predicted octanol–water partition coefficient (Wildman–Crippen LogP) is 3.28. The third-order valence-electron chi connectivity index (χ3n) is 3.09. The molecule has 0 aliphatic rings. The van der Waals surface area contributed by atoms with Gasteiger partial charge in [-0.2, -0.15) is 30.3 Å². The number of halogens is 3. The molecule has 0 fully saturated rings. The molecule has 0 saturated heterocycles. The summed E-state index contributed by atoms with van der Waals surface area (Å²) in [5, 5.41) is -0.429. The first kappa shape index (κ1) is 17.9. The van der Waals surface area contributed by atoms with Crippen LogP contribution in [0, 0.1) is 0 Å². The van der Waals surface area contributed by atoms with Gasteiger partial charge in [-0.3, -0.25) is 0 Å². The Morgan fingerprint density at radius 3 is 2.64 bits per heavy atom. The molecule has 2 heterocycles. The van der Waals surface area contributed by atoms with Gasteiger partial charge >= 0.3 is 6.18 Å². The second-order valence-corrected chi connectivity index (χ2v) is 8.63. The number of aromatic nitrogens is 3. The summed E-state index contributed by atoms with van der Waals surface area (Å²) in [6.45, 7) is 0. The lowest BCUT2D eigenvalue weighted by atomic mass is 10.3. The zero-order valence-electron chi connectivity index (χ0n) is 12.4. The van der Waals surface area contributed by atoms with E-state index in [1.807, 2.05) is 0 Å². The van der Waals surface area contributed by atoms with Gasteiger partial charge in [0.05, 0.1) is 17.3 Å². The average molecular weight is 406 g/mol. The van der Waals surface area contributed by atoms with Crippen LogP contribution in [-0.2, 0) is 26.9 Å². The van der Waals surface area contributed by atoms with Crippen molar-refractivity contribution in [3.05, 3.63) is 42.1 Å². The Morgan fingerprint density at radius 2 is 1.92 bits per heavy atom. The van der Waals surface area contributed by atoms with Gasteiger partial charge in [-0.15, -0.1) is 3.77 Å². The molecule has 3 aromatic rings. The molecule has 0 saturated carbocycles. The minimum atomic E-state index is -4.65. The summed E-state index contributed by atoms with van der Waals surface area (Å²) in [4.78, 5) is 3.49. The molecule has 2 aromatic heterocycles. The molecule has 0 unspecified atom stereocenters. The van der Waals surface area contributed by atoms with E-state index in [4.69, 9.17) is 0 Å². The van der Waals surface area contributed by atoms with E-state index in [9.17, 15) is 21.6 Å². The number of benzene rings is 1. The highest BCUT2D eigenvalue weighted by Crippen LogP contribution is 2.33. The standard InChI is InChI=1S/C13H9F3N4O2S3/c1-24(12-8(13(14,15)16)4-3-7-17-12)20-25(21,22)10-6-2-5-9-11(10)19-23-18-9/h2-7H,1H3/t24-/m0/s1. The molecule has 25 heavy (non-hydrogen) atoms. The zero-order chi connectivity index (χ0) is 18.2. The van der Waals surface area contributed by atoms with Gasteiger partial charge < -0.3 is 0 Å². The summed E-state index contributed by atoms with van der Waals surface area (Å²) in [7, 11) is -5.86. The Bertz CT molecular complexity index is 1080. The lowest BCUT2D eigenvalue weighted by Crippen LogP contribution is -2.12. The van der Waals surface area contributed by atoms with Crippen molar-refractivity contribution >= 4 is 43.5 Å². The van der Waals surface area contributed by atoms with Crippen LogP contribution in [0.5, 0.6) is 0 Å². The maximum Gasteiger partial charge on any atom is 0.419 e. The number of hydrogen-bond donors (Lipinski definition) is 0. The van der Waals surface area contributed by atoms with Gasteiger partial charge in [-0.05, 0) is 41.2 Å². The monoisotopic (exact) mass is 406 g/mol. The van der Waals surface area contributed by atoms with E-state index < -0.39 is 37.5 Å². The van der Waals surface area contributed by atoms with Gasteiger partial charge in [0.15, 0.2) is 0 Å². The van der Waals surface area contributed by atoms with Crippen LogP contribution in [0.4, 0.5) is 13.2 Å². The Morgan fingerprint density at radius 1 is 1.16 bits per heavy atom. The molecule has 0 spiro atoms. The fourth-order valence-corrected chi connectivity index (χ4v) is 5.80. The Hall–Kier alpha value is -1.92. The van der Waals surface area contributed by atoms with Crippen LogP contribution in [0.1, 0.15) is 5.56 Å². The Kier molecular flexibility index (Phi) is 4.60. The van der Waals surface area contributed by atoms with E-state index in [0.717, 1.165) is 23.9 Å². The van der Waals surface area contributed by atoms with Crippen molar-refractivity contribution in [2.75, 3.05) is 6.26 Å². The summed E-state index contributed by atoms with van der Waals surface area (Å²) >= 11 is 0.839. The van der Waals surface area contributed by atoms with Crippen molar-refractivity contribution in [1.29, 1.82) is 0 Å². The number of nitrogens with zero attached hydrogens (tertiary/aromatic N) is 4. The van der Waals surface area contributed by atoms with Crippen LogP contribution < -0.4 is 0 Å². The molecule has 6 nitrogen and oxygen atoms in total. The number of alkyl halides is 3. The van der Waals surface area contributed by atoms with Crippen molar-refractivity contribution in [2.45, 2.75) is 16.1 Å². The number of sulfonamides is 1. The van der Waals surface area contributed by atoms with Crippen LogP contribution >= 0.6 is 11.7 Å². The minimum absolute atomic E-state index is 0.144. The number of hydrogen-bond acceptors (Lipinski definition) is 6. The summed E-state index contributed by atoms with van der Waals surface area (Å²) < 4.78 is 75.9. The summed E-state index contributed by atoms with van der Waals surface area (Å²) in [6.07, 6.45) is -2.21. The van der Waals surface area contributed by atoms with Crippen LogP contribution in [0.2, 0.25) is 0 Å². The molecule has 1 atom stereocenters. The van der Waals surface area contributed by atoms with Gasteiger partial charge in [0.1, 0.15) is 21.0 Å². The molecule has 0 aliphatic carbocycles. The molecule has 0 amide bonds. The lowest BCUT2D eigenvalue weighted by Gasteiger charge is -2.11. The highest BCUT2D eigenvalue weighted by molar-refractivity contribution is 8.00. The smallest absolute Gasteiger partial charge is 0.248 e. The predicted molar refractivity (Wildman–Crippen MR) is 87.8 cm³/mol. The van der Waals surface area contributed by atoms with Crippen LogP contribution in [-0.4, -0.2) is 28.4 Å². The molecule has 132 valence electrons. The minimum Gasteiger partial charge on any atom is -0.248 e. The summed E-state index contributed by atoms with van der Waals surface area (Å²) in [5.41, 5.74) is -0.482. The molecule has 1 aromatic carbocycles. The quantitative estimate of drug-likeness (QED) is 0.666. The number of fused-ring (bicyclic) bond motifs is 1. The fourth-order valence-electron chi connectivity index (χ4n) is 2.05. The van der Waals surface area contributed by atoms with E-state index in [1.165, 1.54) is 24.6 Å². The van der Waals surface area contributed by atoms with Crippen molar-refractivity contribution in [2.24, 2.45) is 3.77 Å². The fraction of sp³-hybridized carbons (Fsp3) is 0.154. The van der Waals surface area contributed by atoms with Crippen LogP contribution in [0.15, 0.2) is 50.2 Å². The Balaban J connectivity index is 2.13. The van der Waals surface area contributed by atoms with E-state index in [1.54, 1.807) is 6.07 Å². The van der Waals surface area contributed by atoms with Crippen molar-refractivity contribution in [3.8, 4) is 0 Å². The van der Waals surface area contributed by atoms with E-state index in [0.29, 0.717) is 5.52 Å². The maximum atomic E-state index is 13.1. The molecule has 3 rings (SSSR count). The van der Waals surface area contributed by atoms with E-state index >= 15 is 0 Å². The van der Waals surface area contributed by atoms with E-state index in [2.05, 4.69) is 17.5 Å². The summed E-state index contributed by atoms with van der Waals surface area (Å²) in [5.74, 6) is 0. The van der Waals surface area contributed by atoms with Crippen LogP contribution in [0.3, 0.4) is 0 Å². The highest BCUT2D eigenvalue weighted by Gasteiger charge is 2.35. The van der Waals surface area contributed by atoms with Gasteiger partial charge in [0.2, 0.25) is 0 Å². The maximum absolute atomic E-state index is 13.1. The third kappa shape index (κ3) is 3.55. The van der Waals surface area contributed by atoms with E-state index in [-0.39, 0.29) is 10.4 Å². The van der Waals surface area contributed by atoms with Gasteiger partial charge in [-0.25, -0.2) is 4.98 Å². The normalized spacial score (nSPS) is 14.1. The third-order valence-corrected chi connectivity index (χ3v) is 7.09. The molecule has 0 aliphatic heterocycles. The molecular formula is C13H9F3N4O2S3.